The summed E-state index contributed by atoms with van der Waals surface area (Å²) >= 11 is 0. The highest BCUT2D eigenvalue weighted by atomic mass is 15.1. The third-order valence-corrected chi connectivity index (χ3v) is 16.5. The first kappa shape index (κ1) is 39.5. The topological polar surface area (TPSA) is 8.17 Å². The minimum atomic E-state index is -0.231. The minimum Gasteiger partial charge on any atom is -0.310 e. The van der Waals surface area contributed by atoms with E-state index < -0.39 is 0 Å². The number of hydrogen-bond donors (Lipinski definition) is 0. The zero-order valence-electron chi connectivity index (χ0n) is 39.7. The van der Waals surface area contributed by atoms with Crippen molar-refractivity contribution in [1.82, 2.24) is 4.57 Å². The molecule has 2 aliphatic carbocycles. The van der Waals surface area contributed by atoms with Gasteiger partial charge in [-0.25, -0.2) is 0 Å². The highest BCUT2D eigenvalue weighted by molar-refractivity contribution is 6.33. The van der Waals surface area contributed by atoms with Gasteiger partial charge in [0.25, 0.3) is 0 Å². The van der Waals surface area contributed by atoms with Gasteiger partial charge < -0.3 is 9.47 Å². The Morgan fingerprint density at radius 3 is 1.63 bits per heavy atom. The van der Waals surface area contributed by atoms with Crippen LogP contribution in [0.4, 0.5) is 17.1 Å². The summed E-state index contributed by atoms with van der Waals surface area (Å²) in [4.78, 5) is 2.53. The first-order valence-corrected chi connectivity index (χ1v) is 24.7. The van der Waals surface area contributed by atoms with Crippen molar-refractivity contribution in [3.8, 4) is 39.1 Å². The number of para-hydroxylation sites is 1. The molecule has 0 atom stereocenters. The van der Waals surface area contributed by atoms with Gasteiger partial charge in [-0.1, -0.05) is 173 Å². The molecule has 1 aromatic heterocycles. The first-order valence-electron chi connectivity index (χ1n) is 24.7. The zero-order chi connectivity index (χ0) is 46.6. The van der Waals surface area contributed by atoms with Crippen molar-refractivity contribution >= 4 is 82.0 Å². The van der Waals surface area contributed by atoms with Gasteiger partial charge >= 0.3 is 0 Å². The predicted octanol–water partition coefficient (Wildman–Crippen LogP) is 18.6. The Bertz CT molecular complexity index is 4340. The first-order chi connectivity index (χ1) is 34.2. The quantitative estimate of drug-likeness (QED) is 0.156. The fourth-order valence-corrected chi connectivity index (χ4v) is 13.0. The van der Waals surface area contributed by atoms with E-state index in [1.165, 1.54) is 121 Å². The van der Waals surface area contributed by atoms with E-state index in [0.717, 1.165) is 22.7 Å². The number of rotatable bonds is 5. The number of fused-ring (bicyclic) bond motifs is 11. The number of aromatic nitrogens is 1. The van der Waals surface area contributed by atoms with Crippen LogP contribution < -0.4 is 4.90 Å². The molecule has 0 saturated carbocycles. The molecule has 15 rings (SSSR count). The molecule has 0 radical (unpaired) electrons. The monoisotopic (exact) mass is 892 g/mol. The molecule has 12 aromatic carbocycles. The van der Waals surface area contributed by atoms with Crippen molar-refractivity contribution in [1.29, 1.82) is 0 Å². The maximum absolute atomic E-state index is 2.53. The van der Waals surface area contributed by atoms with Crippen LogP contribution in [0.2, 0.25) is 0 Å². The van der Waals surface area contributed by atoms with Gasteiger partial charge in [0.1, 0.15) is 0 Å². The van der Waals surface area contributed by atoms with Gasteiger partial charge in [-0.05, 0) is 172 Å². The molecule has 1 heterocycles. The lowest BCUT2D eigenvalue weighted by molar-refractivity contribution is 0.660. The SMILES string of the molecule is CC1(C)c2ccccc2-c2ccc(N(c3ccc4c(c3)C(C)(C)c3cc(-c5ccc6ccccc6c5)ccc3-4)c3ccc4c(c3)c3c5ccc6cccc7ccc(cc3n4-c3ccccc3)c5c76)cc21. The molecule has 13 aromatic rings. The van der Waals surface area contributed by atoms with Crippen LogP contribution in [0.15, 0.2) is 218 Å². The van der Waals surface area contributed by atoms with E-state index in [2.05, 4.69) is 256 Å². The predicted molar refractivity (Wildman–Crippen MR) is 297 cm³/mol. The van der Waals surface area contributed by atoms with E-state index in [-0.39, 0.29) is 10.8 Å². The highest BCUT2D eigenvalue weighted by Gasteiger charge is 2.38. The van der Waals surface area contributed by atoms with Crippen LogP contribution in [0.25, 0.3) is 104 Å². The van der Waals surface area contributed by atoms with Crippen LogP contribution in [-0.2, 0) is 10.8 Å². The van der Waals surface area contributed by atoms with E-state index >= 15 is 0 Å². The Balaban J connectivity index is 0.958. The van der Waals surface area contributed by atoms with Crippen LogP contribution >= 0.6 is 0 Å². The van der Waals surface area contributed by atoms with E-state index in [0.29, 0.717) is 0 Å². The second-order valence-electron chi connectivity index (χ2n) is 20.9. The molecule has 0 amide bonds. The molecule has 0 N–H and O–H groups in total. The standard InChI is InChI=1S/C68H48N2/c1-67(2)58-20-11-10-19-52(58)54-32-27-50(39-60(54)67)69(51-28-33-55-53-30-26-46(36-59(53)68(3,4)61(55)40-51)45-23-21-41-13-8-9-14-44(41)35-45)49-29-34-62-57(38-49)66-56-31-25-43-16-12-15-42-22-24-47(65(56)64(42)43)37-63(66)70(62)48-17-6-5-7-18-48/h5-40H,1-4H3. The van der Waals surface area contributed by atoms with Crippen LogP contribution in [0.5, 0.6) is 0 Å². The van der Waals surface area contributed by atoms with Crippen molar-refractivity contribution in [2.75, 3.05) is 4.90 Å². The van der Waals surface area contributed by atoms with Crippen LogP contribution in [-0.4, -0.2) is 4.57 Å². The lowest BCUT2D eigenvalue weighted by Crippen LogP contribution is -2.18. The summed E-state index contributed by atoms with van der Waals surface area (Å²) in [5, 5.41) is 12.8. The Morgan fingerprint density at radius 1 is 0.314 bits per heavy atom. The second-order valence-corrected chi connectivity index (χ2v) is 20.9. The van der Waals surface area contributed by atoms with E-state index in [4.69, 9.17) is 0 Å². The Hall–Kier alpha value is -8.46. The van der Waals surface area contributed by atoms with Crippen LogP contribution in [0.1, 0.15) is 49.9 Å². The number of nitrogens with zero attached hydrogens (tertiary/aromatic N) is 2. The smallest absolute Gasteiger partial charge is 0.0553 e. The van der Waals surface area contributed by atoms with Gasteiger partial charge in [0.15, 0.2) is 0 Å². The lowest BCUT2D eigenvalue weighted by Gasteiger charge is -2.30. The summed E-state index contributed by atoms with van der Waals surface area (Å²) < 4.78 is 2.48. The van der Waals surface area contributed by atoms with Crippen molar-refractivity contribution in [3.63, 3.8) is 0 Å². The molecule has 0 unspecified atom stereocenters. The third kappa shape index (κ3) is 5.39. The molecule has 2 heteroatoms. The molecule has 0 spiro atoms. The summed E-state index contributed by atoms with van der Waals surface area (Å²) in [5.41, 5.74) is 19.9. The van der Waals surface area contributed by atoms with E-state index in [1.807, 2.05) is 0 Å². The molecule has 0 bridgehead atoms. The largest absolute Gasteiger partial charge is 0.310 e. The summed E-state index contributed by atoms with van der Waals surface area (Å²) in [6.07, 6.45) is 0. The Labute approximate surface area is 407 Å². The van der Waals surface area contributed by atoms with Gasteiger partial charge in [0, 0.05) is 44.4 Å². The summed E-state index contributed by atoms with van der Waals surface area (Å²) in [6, 6.07) is 82.5. The average Bonchev–Trinajstić information content (AvgIpc) is 3.93. The van der Waals surface area contributed by atoms with Crippen molar-refractivity contribution in [2.45, 2.75) is 38.5 Å². The number of anilines is 3. The van der Waals surface area contributed by atoms with Crippen LogP contribution in [0, 0.1) is 0 Å². The molecular formula is C68H48N2. The third-order valence-electron chi connectivity index (χ3n) is 16.5. The van der Waals surface area contributed by atoms with Gasteiger partial charge in [-0.2, -0.15) is 0 Å². The zero-order valence-corrected chi connectivity index (χ0v) is 39.7. The number of hydrogen-bond acceptors (Lipinski definition) is 1. The van der Waals surface area contributed by atoms with E-state index in [1.54, 1.807) is 0 Å². The van der Waals surface area contributed by atoms with Crippen molar-refractivity contribution in [3.05, 3.63) is 241 Å². The molecule has 0 saturated heterocycles. The molecule has 2 aliphatic rings. The van der Waals surface area contributed by atoms with E-state index in [9.17, 15) is 0 Å². The Kier molecular flexibility index (Phi) is 7.94. The minimum absolute atomic E-state index is 0.150. The van der Waals surface area contributed by atoms with Crippen molar-refractivity contribution in [2.24, 2.45) is 0 Å². The molecule has 70 heavy (non-hydrogen) atoms. The lowest BCUT2D eigenvalue weighted by atomic mass is 9.81. The van der Waals surface area contributed by atoms with Gasteiger partial charge in [-0.15, -0.1) is 0 Å². The molecule has 330 valence electrons. The summed E-state index contributed by atoms with van der Waals surface area (Å²) in [6.45, 7) is 9.59. The highest BCUT2D eigenvalue weighted by Crippen LogP contribution is 2.54. The van der Waals surface area contributed by atoms with Gasteiger partial charge in [0.05, 0.1) is 11.0 Å². The fourth-order valence-electron chi connectivity index (χ4n) is 13.0. The average molecular weight is 893 g/mol. The summed E-state index contributed by atoms with van der Waals surface area (Å²) in [7, 11) is 0. The maximum atomic E-state index is 2.53. The normalized spacial score (nSPS) is 14.2. The van der Waals surface area contributed by atoms with Gasteiger partial charge in [-0.3, -0.25) is 0 Å². The Morgan fingerprint density at radius 2 is 0.857 bits per heavy atom. The molecule has 0 aliphatic heterocycles. The van der Waals surface area contributed by atoms with Crippen molar-refractivity contribution < 1.29 is 0 Å². The second kappa shape index (κ2) is 14.1. The molecular weight excluding hydrogens is 845 g/mol. The van der Waals surface area contributed by atoms with Crippen LogP contribution in [0.3, 0.4) is 0 Å². The molecule has 2 nitrogen and oxygen atoms in total. The summed E-state index contributed by atoms with van der Waals surface area (Å²) in [5.74, 6) is 0. The number of benzene rings is 12. The maximum Gasteiger partial charge on any atom is 0.0553 e. The van der Waals surface area contributed by atoms with Gasteiger partial charge in [0.2, 0.25) is 0 Å². The molecule has 0 fully saturated rings. The fraction of sp³-hybridized carbons (Fsp3) is 0.0882.